The van der Waals surface area contributed by atoms with Gasteiger partial charge < -0.3 is 9.84 Å². The van der Waals surface area contributed by atoms with Crippen LogP contribution in [0.3, 0.4) is 0 Å². The van der Waals surface area contributed by atoms with Gasteiger partial charge >= 0.3 is 6.09 Å². The fourth-order valence-electron chi connectivity index (χ4n) is 3.15. The van der Waals surface area contributed by atoms with E-state index >= 15 is 0 Å². The highest BCUT2D eigenvalue weighted by atomic mass is 16.6. The van der Waals surface area contributed by atoms with Crippen molar-refractivity contribution >= 4 is 6.09 Å². The third kappa shape index (κ3) is 2.57. The zero-order valence-electron chi connectivity index (χ0n) is 11.0. The molecule has 0 aromatic rings. The molecule has 1 heterocycles. The first kappa shape index (κ1) is 12.7. The summed E-state index contributed by atoms with van der Waals surface area (Å²) in [4.78, 5) is 14.0. The first-order valence-electron chi connectivity index (χ1n) is 6.54. The Balaban J connectivity index is 2.08. The van der Waals surface area contributed by atoms with Crippen molar-refractivity contribution in [3.05, 3.63) is 0 Å². The molecule has 0 aromatic carbocycles. The highest BCUT2D eigenvalue weighted by Crippen LogP contribution is 2.41. The van der Waals surface area contributed by atoms with Crippen LogP contribution in [0.5, 0.6) is 0 Å². The van der Waals surface area contributed by atoms with E-state index in [-0.39, 0.29) is 18.7 Å². The molecular weight excluding hydrogens is 218 g/mol. The zero-order chi connectivity index (χ0) is 12.6. The molecule has 4 heteroatoms. The largest absolute Gasteiger partial charge is 0.444 e. The quantitative estimate of drug-likeness (QED) is 0.765. The Morgan fingerprint density at radius 1 is 1.41 bits per heavy atom. The lowest BCUT2D eigenvalue weighted by Gasteiger charge is -2.31. The minimum absolute atomic E-state index is 0.0415. The minimum atomic E-state index is -0.465. The predicted octanol–water partition coefficient (Wildman–Crippen LogP) is 2.16. The number of nitrogens with zero attached hydrogens (tertiary/aromatic N) is 1. The van der Waals surface area contributed by atoms with Crippen LogP contribution in [-0.4, -0.2) is 40.4 Å². The van der Waals surface area contributed by atoms with Gasteiger partial charge in [0.15, 0.2) is 0 Å². The molecule has 3 atom stereocenters. The lowest BCUT2D eigenvalue weighted by Crippen LogP contribution is -2.45. The van der Waals surface area contributed by atoms with E-state index in [0.29, 0.717) is 12.0 Å². The first-order chi connectivity index (χ1) is 7.92. The molecule has 1 aliphatic heterocycles. The molecular formula is C13H23NO3. The van der Waals surface area contributed by atoms with Crippen molar-refractivity contribution in [3.8, 4) is 0 Å². The number of amides is 1. The molecule has 17 heavy (non-hydrogen) atoms. The van der Waals surface area contributed by atoms with Crippen LogP contribution in [0, 0.1) is 5.92 Å². The van der Waals surface area contributed by atoms with E-state index in [4.69, 9.17) is 4.74 Å². The Hall–Kier alpha value is -0.770. The van der Waals surface area contributed by atoms with Gasteiger partial charge in [-0.15, -0.1) is 0 Å². The second-order valence-corrected chi connectivity index (χ2v) is 6.22. The number of likely N-dealkylation sites (tertiary alicyclic amines) is 1. The van der Waals surface area contributed by atoms with Crippen LogP contribution in [0.25, 0.3) is 0 Å². The second-order valence-electron chi connectivity index (χ2n) is 6.22. The summed E-state index contributed by atoms with van der Waals surface area (Å²) >= 11 is 0. The van der Waals surface area contributed by atoms with E-state index in [1.165, 1.54) is 12.8 Å². The van der Waals surface area contributed by atoms with Crippen molar-refractivity contribution in [2.75, 3.05) is 6.61 Å². The molecule has 1 amide bonds. The molecule has 0 unspecified atom stereocenters. The van der Waals surface area contributed by atoms with E-state index < -0.39 is 5.60 Å². The summed E-state index contributed by atoms with van der Waals surface area (Å²) < 4.78 is 5.44. The topological polar surface area (TPSA) is 49.8 Å². The van der Waals surface area contributed by atoms with Gasteiger partial charge in [0.2, 0.25) is 0 Å². The number of ether oxygens (including phenoxy) is 1. The fourth-order valence-corrected chi connectivity index (χ4v) is 3.15. The van der Waals surface area contributed by atoms with Gasteiger partial charge in [0, 0.05) is 6.04 Å². The van der Waals surface area contributed by atoms with Crippen molar-refractivity contribution in [1.82, 2.24) is 4.90 Å². The van der Waals surface area contributed by atoms with Crippen LogP contribution in [0.15, 0.2) is 0 Å². The van der Waals surface area contributed by atoms with Crippen molar-refractivity contribution in [3.63, 3.8) is 0 Å². The molecule has 2 rings (SSSR count). The molecule has 98 valence electrons. The SMILES string of the molecule is CC(C)(C)OC(=O)N1[C@@H](CO)C[C@H]2CCC[C@H]21. The number of aliphatic hydroxyl groups is 1. The maximum Gasteiger partial charge on any atom is 0.410 e. The number of aliphatic hydroxyl groups excluding tert-OH is 1. The second kappa shape index (κ2) is 4.48. The summed E-state index contributed by atoms with van der Waals surface area (Å²) in [7, 11) is 0. The number of rotatable bonds is 1. The number of hydrogen-bond donors (Lipinski definition) is 1. The Kier molecular flexibility index (Phi) is 3.34. The van der Waals surface area contributed by atoms with Crippen molar-refractivity contribution < 1.29 is 14.6 Å². The standard InChI is InChI=1S/C13H23NO3/c1-13(2,3)17-12(16)14-10(8-15)7-9-5-4-6-11(9)14/h9-11,15H,4-8H2,1-3H3/t9-,10-,11-/m1/s1. The average Bonchev–Trinajstić information content (AvgIpc) is 2.71. The average molecular weight is 241 g/mol. The Morgan fingerprint density at radius 3 is 2.71 bits per heavy atom. The van der Waals surface area contributed by atoms with Crippen LogP contribution < -0.4 is 0 Å². The maximum atomic E-state index is 12.2. The molecule has 1 saturated carbocycles. The highest BCUT2D eigenvalue weighted by molar-refractivity contribution is 5.69. The van der Waals surface area contributed by atoms with Crippen LogP contribution in [0.1, 0.15) is 46.5 Å². The summed E-state index contributed by atoms with van der Waals surface area (Å²) in [5, 5.41) is 9.39. The van der Waals surface area contributed by atoms with Gasteiger partial charge in [-0.05, 0) is 46.0 Å². The van der Waals surface area contributed by atoms with E-state index in [2.05, 4.69) is 0 Å². The smallest absolute Gasteiger partial charge is 0.410 e. The molecule has 0 radical (unpaired) electrons. The van der Waals surface area contributed by atoms with E-state index in [1.54, 1.807) is 4.90 Å². The van der Waals surface area contributed by atoms with Gasteiger partial charge in [-0.25, -0.2) is 4.79 Å². The molecule has 0 aromatic heterocycles. The lowest BCUT2D eigenvalue weighted by atomic mass is 10.0. The van der Waals surface area contributed by atoms with E-state index in [9.17, 15) is 9.90 Å². The number of fused-ring (bicyclic) bond motifs is 1. The summed E-state index contributed by atoms with van der Waals surface area (Å²) in [6, 6.07) is 0.252. The summed E-state index contributed by atoms with van der Waals surface area (Å²) in [6.07, 6.45) is 4.10. The van der Waals surface area contributed by atoms with Crippen LogP contribution in [-0.2, 0) is 4.74 Å². The zero-order valence-corrected chi connectivity index (χ0v) is 11.0. The van der Waals surface area contributed by atoms with Crippen molar-refractivity contribution in [2.24, 2.45) is 5.92 Å². The Bertz CT molecular complexity index is 298. The molecule has 4 nitrogen and oxygen atoms in total. The molecule has 1 N–H and O–H groups in total. The van der Waals surface area contributed by atoms with Gasteiger partial charge in [-0.1, -0.05) is 6.42 Å². The highest BCUT2D eigenvalue weighted by Gasteiger charge is 2.46. The molecule has 0 bridgehead atoms. The monoisotopic (exact) mass is 241 g/mol. The van der Waals surface area contributed by atoms with E-state index in [1.807, 2.05) is 20.8 Å². The lowest BCUT2D eigenvalue weighted by molar-refractivity contribution is 0.00839. The molecule has 1 saturated heterocycles. The van der Waals surface area contributed by atoms with Crippen LogP contribution >= 0.6 is 0 Å². The van der Waals surface area contributed by atoms with Crippen molar-refractivity contribution in [2.45, 2.75) is 64.1 Å². The number of hydrogen-bond acceptors (Lipinski definition) is 3. The molecule has 2 fully saturated rings. The van der Waals surface area contributed by atoms with E-state index in [0.717, 1.165) is 12.8 Å². The van der Waals surface area contributed by atoms with Gasteiger partial charge in [0.05, 0.1) is 12.6 Å². The summed E-state index contributed by atoms with van der Waals surface area (Å²) in [5.74, 6) is 0.569. The first-order valence-corrected chi connectivity index (χ1v) is 6.54. The Labute approximate surface area is 103 Å². The predicted molar refractivity (Wildman–Crippen MR) is 64.7 cm³/mol. The minimum Gasteiger partial charge on any atom is -0.444 e. The van der Waals surface area contributed by atoms with Gasteiger partial charge in [0.1, 0.15) is 5.60 Å². The maximum absolute atomic E-state index is 12.2. The van der Waals surface area contributed by atoms with Crippen LogP contribution in [0.4, 0.5) is 4.79 Å². The number of carbonyl (C=O) groups is 1. The molecule has 0 spiro atoms. The Morgan fingerprint density at radius 2 is 2.12 bits per heavy atom. The molecule has 1 aliphatic carbocycles. The number of carbonyl (C=O) groups excluding carboxylic acids is 1. The third-order valence-electron chi connectivity index (χ3n) is 3.76. The van der Waals surface area contributed by atoms with Gasteiger partial charge in [-0.3, -0.25) is 4.90 Å². The normalized spacial score (nSPS) is 32.7. The summed E-state index contributed by atoms with van der Waals surface area (Å²) in [5.41, 5.74) is -0.465. The third-order valence-corrected chi connectivity index (χ3v) is 3.76. The van der Waals surface area contributed by atoms with Gasteiger partial charge in [-0.2, -0.15) is 0 Å². The van der Waals surface area contributed by atoms with Gasteiger partial charge in [0.25, 0.3) is 0 Å². The summed E-state index contributed by atoms with van der Waals surface area (Å²) in [6.45, 7) is 5.68. The van der Waals surface area contributed by atoms with Crippen LogP contribution in [0.2, 0.25) is 0 Å². The fraction of sp³-hybridized carbons (Fsp3) is 0.923. The molecule has 2 aliphatic rings. The van der Waals surface area contributed by atoms with Crippen molar-refractivity contribution in [1.29, 1.82) is 0 Å².